The van der Waals surface area contributed by atoms with E-state index >= 15 is 0 Å². The number of halogens is 1. The minimum absolute atomic E-state index is 0.0667. The van der Waals surface area contributed by atoms with Crippen molar-refractivity contribution in [1.82, 2.24) is 0 Å². The number of ether oxygens (including phenoxy) is 1. The van der Waals surface area contributed by atoms with Gasteiger partial charge in [-0.15, -0.1) is 0 Å². The summed E-state index contributed by atoms with van der Waals surface area (Å²) >= 11 is 3.42. The minimum atomic E-state index is -1.26. The van der Waals surface area contributed by atoms with Gasteiger partial charge in [-0.1, -0.05) is 82.2 Å². The molecule has 6 atom stereocenters. The van der Waals surface area contributed by atoms with E-state index in [0.29, 0.717) is 35.7 Å². The quantitative estimate of drug-likeness (QED) is 0.168. The number of allylic oxidation sites excluding steroid dienone is 2. The van der Waals surface area contributed by atoms with Crippen LogP contribution in [0.25, 0.3) is 0 Å². The van der Waals surface area contributed by atoms with Gasteiger partial charge in [-0.25, -0.2) is 4.90 Å². The molecule has 8 nitrogen and oxygen atoms in total. The number of carbonyl (C=O) groups is 4. The summed E-state index contributed by atoms with van der Waals surface area (Å²) in [7, 11) is 0. The summed E-state index contributed by atoms with van der Waals surface area (Å²) in [6, 6.07) is 30.7. The van der Waals surface area contributed by atoms with Crippen molar-refractivity contribution in [2.24, 2.45) is 29.1 Å². The van der Waals surface area contributed by atoms with Crippen molar-refractivity contribution in [3.05, 3.63) is 130 Å². The fourth-order valence-electron chi connectivity index (χ4n) is 8.63. The maximum Gasteiger partial charge on any atom is 0.241 e. The van der Waals surface area contributed by atoms with Crippen LogP contribution >= 0.6 is 15.9 Å². The molecular weight excluding hydrogens is 684 g/mol. The van der Waals surface area contributed by atoms with Crippen molar-refractivity contribution in [1.29, 1.82) is 0 Å². The number of benzene rings is 4. The molecule has 2 aliphatic heterocycles. The highest BCUT2D eigenvalue weighted by Gasteiger charge is 2.68. The fraction of sp³-hybridized carbons (Fsp3) is 0.250. The average molecular weight is 718 g/mol. The van der Waals surface area contributed by atoms with E-state index < -0.39 is 35.0 Å². The van der Waals surface area contributed by atoms with Crippen LogP contribution in [-0.2, 0) is 25.8 Å². The zero-order valence-corrected chi connectivity index (χ0v) is 28.2. The maximum atomic E-state index is 14.6. The lowest BCUT2D eigenvalue weighted by molar-refractivity contribution is -0.131. The topological polar surface area (TPSA) is 104 Å². The zero-order chi connectivity index (χ0) is 34.0. The van der Waals surface area contributed by atoms with Crippen molar-refractivity contribution >= 4 is 50.9 Å². The fourth-order valence-corrected chi connectivity index (χ4v) is 8.89. The number of carbonyl (C=O) groups excluding carboxylic acids is 4. The smallest absolute Gasteiger partial charge is 0.241 e. The van der Waals surface area contributed by atoms with E-state index in [1.807, 2.05) is 49.4 Å². The first kappa shape index (κ1) is 31.3. The highest BCUT2D eigenvalue weighted by atomic mass is 79.9. The molecule has 0 spiro atoms. The second-order valence-electron chi connectivity index (χ2n) is 13.5. The molecule has 2 aliphatic carbocycles. The summed E-state index contributed by atoms with van der Waals surface area (Å²) in [5.74, 6) is -4.16. The number of hydrogen-bond acceptors (Lipinski definition) is 6. The van der Waals surface area contributed by atoms with Crippen LogP contribution in [0.5, 0.6) is 11.5 Å². The van der Waals surface area contributed by atoms with Crippen molar-refractivity contribution < 1.29 is 29.0 Å². The molecule has 8 rings (SSSR count). The van der Waals surface area contributed by atoms with Gasteiger partial charge in [-0.2, -0.15) is 0 Å². The molecular formula is C40H33BrN2O6. The summed E-state index contributed by atoms with van der Waals surface area (Å²) in [5, 5.41) is 11.6. The summed E-state index contributed by atoms with van der Waals surface area (Å²) in [6.07, 6.45) is 2.53. The monoisotopic (exact) mass is 716 g/mol. The van der Waals surface area contributed by atoms with Crippen molar-refractivity contribution in [2.75, 3.05) is 9.80 Å². The predicted molar refractivity (Wildman–Crippen MR) is 187 cm³/mol. The van der Waals surface area contributed by atoms with Gasteiger partial charge in [0.15, 0.2) is 0 Å². The van der Waals surface area contributed by atoms with Crippen LogP contribution in [0.3, 0.4) is 0 Å². The van der Waals surface area contributed by atoms with Crippen LogP contribution in [0.4, 0.5) is 11.4 Å². The van der Waals surface area contributed by atoms with Crippen molar-refractivity contribution in [3.63, 3.8) is 0 Å². The van der Waals surface area contributed by atoms with E-state index in [2.05, 4.69) is 15.9 Å². The van der Waals surface area contributed by atoms with Gasteiger partial charge in [0.05, 0.1) is 34.5 Å². The molecule has 49 heavy (non-hydrogen) atoms. The lowest BCUT2D eigenvalue weighted by Gasteiger charge is -2.49. The molecule has 246 valence electrons. The number of fused-ring (bicyclic) bond motifs is 4. The van der Waals surface area contributed by atoms with Crippen LogP contribution in [0, 0.1) is 29.1 Å². The lowest BCUT2D eigenvalue weighted by Crippen LogP contribution is -2.48. The first-order chi connectivity index (χ1) is 23.7. The molecule has 4 aromatic rings. The number of aromatic hydroxyl groups is 1. The lowest BCUT2D eigenvalue weighted by atomic mass is 9.51. The van der Waals surface area contributed by atoms with Crippen molar-refractivity contribution in [2.45, 2.75) is 32.3 Å². The third kappa shape index (κ3) is 4.85. The molecule has 4 aliphatic rings. The largest absolute Gasteiger partial charge is 0.508 e. The minimum Gasteiger partial charge on any atom is -0.508 e. The van der Waals surface area contributed by atoms with Gasteiger partial charge >= 0.3 is 0 Å². The van der Waals surface area contributed by atoms with Crippen LogP contribution in [0.2, 0.25) is 0 Å². The summed E-state index contributed by atoms with van der Waals surface area (Å²) in [5.41, 5.74) is 1.97. The van der Waals surface area contributed by atoms with E-state index in [1.54, 1.807) is 66.7 Å². The summed E-state index contributed by atoms with van der Waals surface area (Å²) in [6.45, 7) is 2.12. The summed E-state index contributed by atoms with van der Waals surface area (Å²) < 4.78 is 6.82. The molecule has 0 aromatic heterocycles. The standard InChI is InChI=1S/C40H33BrN2O6/c1-40-32(37(46)43(39(40)48)25-10-6-3-7-11-25)21-31-28(18-19-30-34(31)38(47)42(36(30)45)26-14-12-24(41)13-15-26)35(40)29-17-16-27(20-33(29)44)49-22-23-8-4-2-5-9-23/h2-18,20,30-32,34-35,44H,19,21-22H2,1H3/t30-,31+,32-,34-,35+,40+/m0/s1. The Kier molecular flexibility index (Phi) is 7.55. The number of phenols is 1. The molecule has 2 heterocycles. The number of para-hydroxylation sites is 1. The Morgan fingerprint density at radius 1 is 0.796 bits per heavy atom. The SMILES string of the molecule is C[C@@]12C(=O)N(c3ccccc3)C(=O)[C@@H]1C[C@@H]1C(=CC[C@@H]3C(=O)N(c4ccc(Br)cc4)C(=O)[C@@H]31)[C@@H]2c1ccc(OCc2ccccc2)cc1O. The molecule has 1 saturated carbocycles. The van der Waals surface area contributed by atoms with Gasteiger partial charge in [-0.3, -0.25) is 24.1 Å². The van der Waals surface area contributed by atoms with Crippen LogP contribution in [-0.4, -0.2) is 28.7 Å². The third-order valence-corrected chi connectivity index (χ3v) is 11.5. The number of hydrogen-bond donors (Lipinski definition) is 1. The molecule has 1 N–H and O–H groups in total. The molecule has 4 aromatic carbocycles. The van der Waals surface area contributed by atoms with Gasteiger partial charge in [-0.05, 0) is 73.7 Å². The number of rotatable bonds is 6. The van der Waals surface area contributed by atoms with E-state index in [-0.39, 0.29) is 35.8 Å². The van der Waals surface area contributed by atoms with Gasteiger partial charge in [0.25, 0.3) is 0 Å². The molecule has 0 unspecified atom stereocenters. The Labute approximate surface area is 292 Å². The van der Waals surface area contributed by atoms with Crippen LogP contribution < -0.4 is 14.5 Å². The van der Waals surface area contributed by atoms with E-state index in [9.17, 15) is 24.3 Å². The second-order valence-corrected chi connectivity index (χ2v) is 14.4. The molecule has 4 amide bonds. The average Bonchev–Trinajstić information content (AvgIpc) is 3.48. The molecule has 9 heteroatoms. The highest BCUT2D eigenvalue weighted by Crippen LogP contribution is 2.64. The predicted octanol–water partition coefficient (Wildman–Crippen LogP) is 7.17. The van der Waals surface area contributed by atoms with Crippen LogP contribution in [0.1, 0.15) is 36.8 Å². The highest BCUT2D eigenvalue weighted by molar-refractivity contribution is 9.10. The molecule has 0 radical (unpaired) electrons. The third-order valence-electron chi connectivity index (χ3n) is 10.9. The van der Waals surface area contributed by atoms with Gasteiger partial charge in [0, 0.05) is 22.0 Å². The number of anilines is 2. The van der Waals surface area contributed by atoms with Crippen molar-refractivity contribution in [3.8, 4) is 11.5 Å². The molecule has 2 saturated heterocycles. The Bertz CT molecular complexity index is 2030. The Balaban J connectivity index is 1.21. The van der Waals surface area contributed by atoms with Crippen LogP contribution in [0.15, 0.2) is 119 Å². The number of nitrogens with zero attached hydrogens (tertiary/aromatic N) is 2. The Hall–Kier alpha value is -5.02. The van der Waals surface area contributed by atoms with E-state index in [4.69, 9.17) is 4.74 Å². The van der Waals surface area contributed by atoms with E-state index in [0.717, 1.165) is 15.6 Å². The summed E-state index contributed by atoms with van der Waals surface area (Å²) in [4.78, 5) is 59.6. The van der Waals surface area contributed by atoms with E-state index in [1.165, 1.54) is 9.80 Å². The molecule has 0 bridgehead atoms. The number of amides is 4. The zero-order valence-electron chi connectivity index (χ0n) is 26.7. The Morgan fingerprint density at radius 2 is 1.47 bits per heavy atom. The number of phenolic OH excluding ortho intramolecular Hbond substituents is 1. The normalized spacial score (nSPS) is 27.5. The molecule has 3 fully saturated rings. The van der Waals surface area contributed by atoms with Gasteiger partial charge in [0.1, 0.15) is 18.1 Å². The van der Waals surface area contributed by atoms with Gasteiger partial charge < -0.3 is 9.84 Å². The maximum absolute atomic E-state index is 14.6. The second kappa shape index (κ2) is 11.8. The first-order valence-electron chi connectivity index (χ1n) is 16.4. The number of imide groups is 2. The Morgan fingerprint density at radius 3 is 2.16 bits per heavy atom. The van der Waals surface area contributed by atoms with Gasteiger partial charge in [0.2, 0.25) is 23.6 Å². The first-order valence-corrected chi connectivity index (χ1v) is 17.2.